The van der Waals surface area contributed by atoms with Crippen molar-refractivity contribution in [3.8, 4) is 0 Å². The highest BCUT2D eigenvalue weighted by atomic mass is 16.4. The highest BCUT2D eigenvalue weighted by molar-refractivity contribution is 5.87. The number of piperidine rings is 2. The molecule has 2 saturated heterocycles. The predicted octanol–water partition coefficient (Wildman–Crippen LogP) is 1.49. The summed E-state index contributed by atoms with van der Waals surface area (Å²) in [6.45, 7) is 3.55. The number of hydrogen-bond donors (Lipinski definition) is 1. The van der Waals surface area contributed by atoms with E-state index in [-0.39, 0.29) is 30.2 Å². The molecule has 0 aromatic carbocycles. The van der Waals surface area contributed by atoms with Gasteiger partial charge in [0.2, 0.25) is 11.8 Å². The first-order valence-electron chi connectivity index (χ1n) is 8.27. The van der Waals surface area contributed by atoms with E-state index in [9.17, 15) is 14.4 Å². The lowest BCUT2D eigenvalue weighted by Gasteiger charge is -2.40. The SMILES string of the molecule is CC(=O)N1CCCCC1C(=O)N1CCCC(CCC(=O)O)C1. The first-order valence-corrected chi connectivity index (χ1v) is 8.27. The Hall–Kier alpha value is -1.59. The molecular formula is C16H26N2O4. The van der Waals surface area contributed by atoms with Crippen LogP contribution >= 0.6 is 0 Å². The second-order valence-electron chi connectivity index (χ2n) is 6.45. The van der Waals surface area contributed by atoms with Crippen LogP contribution < -0.4 is 0 Å². The Morgan fingerprint density at radius 1 is 1.09 bits per heavy atom. The maximum Gasteiger partial charge on any atom is 0.303 e. The van der Waals surface area contributed by atoms with Crippen molar-refractivity contribution < 1.29 is 19.5 Å². The number of aliphatic carboxylic acids is 1. The Morgan fingerprint density at radius 2 is 1.86 bits per heavy atom. The van der Waals surface area contributed by atoms with E-state index in [1.54, 1.807) is 4.90 Å². The van der Waals surface area contributed by atoms with Crippen molar-refractivity contribution in [1.82, 2.24) is 9.80 Å². The summed E-state index contributed by atoms with van der Waals surface area (Å²) in [5.74, 6) is -0.492. The minimum atomic E-state index is -0.779. The molecule has 2 rings (SSSR count). The van der Waals surface area contributed by atoms with E-state index in [1.165, 1.54) is 6.92 Å². The van der Waals surface area contributed by atoms with Gasteiger partial charge in [0, 0.05) is 33.0 Å². The molecule has 22 heavy (non-hydrogen) atoms. The number of likely N-dealkylation sites (tertiary alicyclic amines) is 2. The van der Waals surface area contributed by atoms with Gasteiger partial charge in [0.1, 0.15) is 6.04 Å². The summed E-state index contributed by atoms with van der Waals surface area (Å²) in [5.41, 5.74) is 0. The summed E-state index contributed by atoms with van der Waals surface area (Å²) in [5, 5.41) is 8.79. The van der Waals surface area contributed by atoms with Gasteiger partial charge in [0.15, 0.2) is 0 Å². The number of amides is 2. The molecule has 1 N–H and O–H groups in total. The fourth-order valence-corrected chi connectivity index (χ4v) is 3.60. The third-order valence-corrected chi connectivity index (χ3v) is 4.79. The van der Waals surface area contributed by atoms with E-state index in [2.05, 4.69) is 0 Å². The Morgan fingerprint density at radius 3 is 2.55 bits per heavy atom. The summed E-state index contributed by atoms with van der Waals surface area (Å²) >= 11 is 0. The van der Waals surface area contributed by atoms with Crippen LogP contribution in [0.3, 0.4) is 0 Å². The topological polar surface area (TPSA) is 77.9 Å². The lowest BCUT2D eigenvalue weighted by molar-refractivity contribution is -0.148. The molecule has 0 aromatic heterocycles. The molecule has 2 amide bonds. The molecule has 0 spiro atoms. The molecule has 6 heteroatoms. The molecule has 0 saturated carbocycles. The molecule has 0 aromatic rings. The van der Waals surface area contributed by atoms with Crippen LogP contribution in [0.15, 0.2) is 0 Å². The minimum Gasteiger partial charge on any atom is -0.481 e. The molecule has 124 valence electrons. The standard InChI is InChI=1S/C16H26N2O4/c1-12(19)18-10-3-2-6-14(18)16(22)17-9-4-5-13(11-17)7-8-15(20)21/h13-14H,2-11H2,1H3,(H,20,21). The normalized spacial score (nSPS) is 25.9. The van der Waals surface area contributed by atoms with E-state index in [0.29, 0.717) is 19.5 Å². The third-order valence-electron chi connectivity index (χ3n) is 4.79. The predicted molar refractivity (Wildman–Crippen MR) is 81.2 cm³/mol. The summed E-state index contributed by atoms with van der Waals surface area (Å²) < 4.78 is 0. The van der Waals surface area contributed by atoms with Gasteiger partial charge in [-0.15, -0.1) is 0 Å². The molecule has 2 aliphatic rings. The number of carbonyl (C=O) groups excluding carboxylic acids is 2. The average Bonchev–Trinajstić information content (AvgIpc) is 2.52. The lowest BCUT2D eigenvalue weighted by Crippen LogP contribution is -2.54. The summed E-state index contributed by atoms with van der Waals surface area (Å²) in [6.07, 6.45) is 5.38. The van der Waals surface area contributed by atoms with Crippen LogP contribution in [-0.2, 0) is 14.4 Å². The molecular weight excluding hydrogens is 284 g/mol. The maximum atomic E-state index is 12.8. The van der Waals surface area contributed by atoms with Gasteiger partial charge in [0.05, 0.1) is 0 Å². The van der Waals surface area contributed by atoms with Gasteiger partial charge < -0.3 is 14.9 Å². The summed E-state index contributed by atoms with van der Waals surface area (Å²) in [7, 11) is 0. The molecule has 2 atom stereocenters. The largest absolute Gasteiger partial charge is 0.481 e. The van der Waals surface area contributed by atoms with Crippen molar-refractivity contribution in [2.45, 2.75) is 57.9 Å². The number of carbonyl (C=O) groups is 3. The zero-order valence-corrected chi connectivity index (χ0v) is 13.3. The van der Waals surface area contributed by atoms with Gasteiger partial charge in [-0.3, -0.25) is 14.4 Å². The highest BCUT2D eigenvalue weighted by Crippen LogP contribution is 2.25. The molecule has 2 unspecified atom stereocenters. The second kappa shape index (κ2) is 7.61. The van der Waals surface area contributed by atoms with Gasteiger partial charge in [0.25, 0.3) is 0 Å². The average molecular weight is 310 g/mol. The zero-order chi connectivity index (χ0) is 16.1. The van der Waals surface area contributed by atoms with Crippen molar-refractivity contribution in [3.63, 3.8) is 0 Å². The number of rotatable bonds is 4. The molecule has 0 radical (unpaired) electrons. The quantitative estimate of drug-likeness (QED) is 0.853. The lowest BCUT2D eigenvalue weighted by atomic mass is 9.92. The fraction of sp³-hybridized carbons (Fsp3) is 0.812. The van der Waals surface area contributed by atoms with Crippen molar-refractivity contribution in [1.29, 1.82) is 0 Å². The van der Waals surface area contributed by atoms with Crippen molar-refractivity contribution in [2.24, 2.45) is 5.92 Å². The molecule has 2 fully saturated rings. The van der Waals surface area contributed by atoms with Gasteiger partial charge in [-0.1, -0.05) is 0 Å². The van der Waals surface area contributed by atoms with Crippen LogP contribution in [-0.4, -0.2) is 58.4 Å². The number of carboxylic acids is 1. The molecule has 2 heterocycles. The number of hydrogen-bond acceptors (Lipinski definition) is 3. The summed E-state index contributed by atoms with van der Waals surface area (Å²) in [6, 6.07) is -0.315. The van der Waals surface area contributed by atoms with Crippen molar-refractivity contribution in [2.75, 3.05) is 19.6 Å². The van der Waals surface area contributed by atoms with Crippen molar-refractivity contribution in [3.05, 3.63) is 0 Å². The van der Waals surface area contributed by atoms with E-state index >= 15 is 0 Å². The minimum absolute atomic E-state index is 0.0301. The highest BCUT2D eigenvalue weighted by Gasteiger charge is 2.35. The molecule has 2 aliphatic heterocycles. The molecule has 6 nitrogen and oxygen atoms in total. The van der Waals surface area contributed by atoms with Gasteiger partial charge in [-0.05, 0) is 44.4 Å². The van der Waals surface area contributed by atoms with E-state index in [4.69, 9.17) is 5.11 Å². The number of nitrogens with zero attached hydrogens (tertiary/aromatic N) is 2. The fourth-order valence-electron chi connectivity index (χ4n) is 3.60. The Labute approximate surface area is 131 Å². The van der Waals surface area contributed by atoms with E-state index in [0.717, 1.165) is 38.6 Å². The van der Waals surface area contributed by atoms with Crippen LogP contribution in [0.25, 0.3) is 0 Å². The first-order chi connectivity index (χ1) is 10.5. The van der Waals surface area contributed by atoms with Crippen LogP contribution in [0.1, 0.15) is 51.9 Å². The Kier molecular flexibility index (Phi) is 5.80. The number of carboxylic acid groups (broad SMARTS) is 1. The summed E-state index contributed by atoms with van der Waals surface area (Å²) in [4.78, 5) is 38.7. The molecule has 0 bridgehead atoms. The van der Waals surface area contributed by atoms with Gasteiger partial charge in [-0.2, -0.15) is 0 Å². The first kappa shape index (κ1) is 16.8. The second-order valence-corrected chi connectivity index (χ2v) is 6.45. The van der Waals surface area contributed by atoms with Crippen LogP contribution in [0.2, 0.25) is 0 Å². The smallest absolute Gasteiger partial charge is 0.303 e. The van der Waals surface area contributed by atoms with E-state index in [1.807, 2.05) is 4.90 Å². The van der Waals surface area contributed by atoms with Gasteiger partial charge >= 0.3 is 5.97 Å². The molecule has 0 aliphatic carbocycles. The Bertz CT molecular complexity index is 438. The Balaban J connectivity index is 1.95. The van der Waals surface area contributed by atoms with Crippen molar-refractivity contribution >= 4 is 17.8 Å². The van der Waals surface area contributed by atoms with Crippen LogP contribution in [0.4, 0.5) is 0 Å². The third kappa shape index (κ3) is 4.21. The maximum absolute atomic E-state index is 12.8. The monoisotopic (exact) mass is 310 g/mol. The van der Waals surface area contributed by atoms with Crippen LogP contribution in [0, 0.1) is 5.92 Å². The zero-order valence-electron chi connectivity index (χ0n) is 13.3. The van der Waals surface area contributed by atoms with E-state index < -0.39 is 5.97 Å². The van der Waals surface area contributed by atoms with Gasteiger partial charge in [-0.25, -0.2) is 0 Å². The van der Waals surface area contributed by atoms with Crippen LogP contribution in [0.5, 0.6) is 0 Å².